The van der Waals surface area contributed by atoms with Crippen LogP contribution < -0.4 is 5.11 Å². The zero-order chi connectivity index (χ0) is 20.0. The van der Waals surface area contributed by atoms with E-state index in [1.807, 2.05) is 33.3 Å². The monoisotopic (exact) mass is 367 g/mol. The van der Waals surface area contributed by atoms with Crippen molar-refractivity contribution < 1.29 is 33.8 Å². The Morgan fingerprint density at radius 2 is 1.73 bits per heavy atom. The molecule has 0 aliphatic heterocycles. The van der Waals surface area contributed by atoms with Crippen molar-refractivity contribution >= 4 is 17.9 Å². The quantitative estimate of drug-likeness (QED) is 0.172. The van der Waals surface area contributed by atoms with Crippen molar-refractivity contribution in [2.75, 3.05) is 27.7 Å². The first-order chi connectivity index (χ1) is 12.1. The van der Waals surface area contributed by atoms with E-state index in [1.54, 1.807) is 12.2 Å². The topological polar surface area (TPSA) is 104 Å². The number of ether oxygens (including phenoxy) is 1. The van der Waals surface area contributed by atoms with Crippen LogP contribution >= 0.6 is 0 Å². The van der Waals surface area contributed by atoms with Gasteiger partial charge in [0.1, 0.15) is 6.54 Å². The molecule has 0 bridgehead atoms. The zero-order valence-corrected chi connectivity index (χ0v) is 15.7. The fraction of sp³-hybridized carbons (Fsp3) is 0.526. The zero-order valence-electron chi connectivity index (χ0n) is 15.7. The summed E-state index contributed by atoms with van der Waals surface area (Å²) in [6.07, 6.45) is 11.0. The number of hydrogen-bond acceptors (Lipinski definition) is 5. The third-order valence-electron chi connectivity index (χ3n) is 3.15. The maximum Gasteiger partial charge on any atom is 0.328 e. The molecule has 26 heavy (non-hydrogen) atoms. The van der Waals surface area contributed by atoms with Crippen LogP contribution in [0.25, 0.3) is 0 Å². The van der Waals surface area contributed by atoms with E-state index < -0.39 is 24.0 Å². The van der Waals surface area contributed by atoms with Gasteiger partial charge in [-0.3, -0.25) is 4.79 Å². The lowest BCUT2D eigenvalue weighted by Crippen LogP contribution is -2.45. The van der Waals surface area contributed by atoms with Crippen molar-refractivity contribution in [3.05, 3.63) is 36.5 Å². The van der Waals surface area contributed by atoms with Crippen LogP contribution in [0.1, 0.15) is 32.1 Å². The van der Waals surface area contributed by atoms with Gasteiger partial charge < -0.3 is 24.2 Å². The van der Waals surface area contributed by atoms with Gasteiger partial charge in [0.05, 0.1) is 21.1 Å². The largest absolute Gasteiger partial charge is 0.550 e. The Labute approximate surface area is 154 Å². The number of rotatable bonds is 13. The molecule has 0 aromatic rings. The molecule has 0 radical (unpaired) electrons. The van der Waals surface area contributed by atoms with Crippen LogP contribution in [-0.4, -0.2) is 61.3 Å². The molecule has 0 aromatic carbocycles. The smallest absolute Gasteiger partial charge is 0.328 e. The SMILES string of the molecule is C[N+](C)(C)CC(CC(=O)[O-])OC(=O)CCCC/C=C/C=C/C=C/C(=O)O. The van der Waals surface area contributed by atoms with Gasteiger partial charge in [-0.05, 0) is 19.3 Å². The summed E-state index contributed by atoms with van der Waals surface area (Å²) in [4.78, 5) is 32.9. The van der Waals surface area contributed by atoms with Crippen LogP contribution in [0.2, 0.25) is 0 Å². The molecule has 0 spiro atoms. The third kappa shape index (κ3) is 16.4. The second kappa shape index (κ2) is 12.9. The van der Waals surface area contributed by atoms with Gasteiger partial charge >= 0.3 is 11.9 Å². The predicted octanol–water partition coefficient (Wildman–Crippen LogP) is 1.06. The van der Waals surface area contributed by atoms with Crippen LogP contribution in [0.3, 0.4) is 0 Å². The normalized spacial score (nSPS) is 13.5. The molecule has 146 valence electrons. The van der Waals surface area contributed by atoms with Crippen LogP contribution in [0.4, 0.5) is 0 Å². The second-order valence-corrected chi connectivity index (χ2v) is 6.92. The minimum absolute atomic E-state index is 0.242. The Morgan fingerprint density at radius 3 is 2.31 bits per heavy atom. The highest BCUT2D eigenvalue weighted by atomic mass is 16.5. The predicted molar refractivity (Wildman–Crippen MR) is 95.9 cm³/mol. The van der Waals surface area contributed by atoms with Gasteiger partial charge in [-0.1, -0.05) is 30.4 Å². The van der Waals surface area contributed by atoms with Crippen LogP contribution in [0, 0.1) is 0 Å². The second-order valence-electron chi connectivity index (χ2n) is 6.92. The molecule has 0 saturated carbocycles. The Hall–Kier alpha value is -2.41. The van der Waals surface area contributed by atoms with E-state index in [2.05, 4.69) is 0 Å². The van der Waals surface area contributed by atoms with E-state index in [0.29, 0.717) is 17.4 Å². The first kappa shape index (κ1) is 23.6. The number of carboxylic acid groups (broad SMARTS) is 2. The summed E-state index contributed by atoms with van der Waals surface area (Å²) in [7, 11) is 5.69. The van der Waals surface area contributed by atoms with Crippen LogP contribution in [0.15, 0.2) is 36.5 Å². The van der Waals surface area contributed by atoms with Crippen molar-refractivity contribution in [1.29, 1.82) is 0 Å². The summed E-state index contributed by atoms with van der Waals surface area (Å²) in [5, 5.41) is 19.2. The number of carbonyl (C=O) groups excluding carboxylic acids is 2. The molecule has 1 atom stereocenters. The van der Waals surface area contributed by atoms with Gasteiger partial charge in [-0.15, -0.1) is 0 Å². The summed E-state index contributed by atoms with van der Waals surface area (Å²) in [5.74, 6) is -2.62. The molecule has 0 fully saturated rings. The first-order valence-corrected chi connectivity index (χ1v) is 8.52. The fourth-order valence-corrected chi connectivity index (χ4v) is 2.16. The number of nitrogens with zero attached hydrogens (tertiary/aromatic N) is 1. The molecule has 0 aliphatic rings. The molecular weight excluding hydrogens is 338 g/mol. The number of carboxylic acids is 2. The average Bonchev–Trinajstić information content (AvgIpc) is 2.46. The van der Waals surface area contributed by atoms with Crippen molar-refractivity contribution in [1.82, 2.24) is 0 Å². The Balaban J connectivity index is 4.05. The van der Waals surface area contributed by atoms with Crippen molar-refractivity contribution in [3.8, 4) is 0 Å². The standard InChI is InChI=1S/C19H29NO6/c1-20(2,3)15-16(14-18(23)24)26-19(25)13-11-9-7-5-4-6-8-10-12-17(21)22/h4-6,8,10,12,16H,7,9,11,13-15H2,1-3H3,(H-,21,22,23,24)/b5-4+,8-6+,12-10+. The lowest BCUT2D eigenvalue weighted by Gasteiger charge is -2.29. The third-order valence-corrected chi connectivity index (χ3v) is 3.15. The van der Waals surface area contributed by atoms with Gasteiger partial charge in [0.25, 0.3) is 0 Å². The minimum atomic E-state index is -1.23. The number of esters is 1. The fourth-order valence-electron chi connectivity index (χ4n) is 2.16. The Bertz CT molecular complexity index is 543. The maximum atomic E-state index is 11.9. The molecule has 0 heterocycles. The maximum absolute atomic E-state index is 11.9. The van der Waals surface area contributed by atoms with Crippen LogP contribution in [-0.2, 0) is 19.1 Å². The highest BCUT2D eigenvalue weighted by Crippen LogP contribution is 2.08. The van der Waals surface area contributed by atoms with Crippen molar-refractivity contribution in [2.24, 2.45) is 0 Å². The van der Waals surface area contributed by atoms with E-state index in [4.69, 9.17) is 9.84 Å². The summed E-state index contributed by atoms with van der Waals surface area (Å²) in [6, 6.07) is 0. The highest BCUT2D eigenvalue weighted by molar-refractivity contribution is 5.80. The summed E-state index contributed by atoms with van der Waals surface area (Å²) >= 11 is 0. The molecule has 0 rings (SSSR count). The number of likely N-dealkylation sites (N-methyl/N-ethyl adjacent to an activating group) is 1. The van der Waals surface area contributed by atoms with Crippen molar-refractivity contribution in [2.45, 2.75) is 38.2 Å². The van der Waals surface area contributed by atoms with E-state index in [0.717, 1.165) is 18.9 Å². The summed E-state index contributed by atoms with van der Waals surface area (Å²) in [5.41, 5.74) is 0. The summed E-state index contributed by atoms with van der Waals surface area (Å²) < 4.78 is 5.76. The number of hydrogen-bond donors (Lipinski definition) is 1. The number of carbonyl (C=O) groups is 3. The van der Waals surface area contributed by atoms with Crippen molar-refractivity contribution in [3.63, 3.8) is 0 Å². The van der Waals surface area contributed by atoms with E-state index in [1.165, 1.54) is 6.08 Å². The Morgan fingerprint density at radius 1 is 1.08 bits per heavy atom. The molecule has 7 nitrogen and oxygen atoms in total. The molecule has 1 unspecified atom stereocenters. The lowest BCUT2D eigenvalue weighted by molar-refractivity contribution is -0.873. The van der Waals surface area contributed by atoms with Gasteiger partial charge in [-0.25, -0.2) is 4.79 Å². The van der Waals surface area contributed by atoms with Gasteiger partial charge in [0, 0.05) is 24.9 Å². The molecule has 0 saturated heterocycles. The minimum Gasteiger partial charge on any atom is -0.550 e. The number of unbranched alkanes of at least 4 members (excludes halogenated alkanes) is 2. The number of aliphatic carboxylic acids is 2. The lowest BCUT2D eigenvalue weighted by atomic mass is 10.2. The first-order valence-electron chi connectivity index (χ1n) is 8.52. The van der Waals surface area contributed by atoms with E-state index in [9.17, 15) is 19.5 Å². The van der Waals surface area contributed by atoms with Gasteiger partial charge in [0.15, 0.2) is 6.10 Å². The highest BCUT2D eigenvalue weighted by Gasteiger charge is 2.22. The molecule has 0 aliphatic carbocycles. The van der Waals surface area contributed by atoms with Gasteiger partial charge in [-0.2, -0.15) is 0 Å². The molecule has 0 aromatic heterocycles. The van der Waals surface area contributed by atoms with Gasteiger partial charge in [0.2, 0.25) is 0 Å². The molecule has 7 heteroatoms. The summed E-state index contributed by atoms with van der Waals surface area (Å²) in [6.45, 7) is 0.408. The molecule has 1 N–H and O–H groups in total. The number of quaternary nitrogens is 1. The average molecular weight is 367 g/mol. The molecular formula is C19H29NO6. The molecule has 0 amide bonds. The van der Waals surface area contributed by atoms with E-state index >= 15 is 0 Å². The number of allylic oxidation sites excluding steroid dienone is 5. The Kier molecular flexibility index (Phi) is 11.7. The van der Waals surface area contributed by atoms with Crippen LogP contribution in [0.5, 0.6) is 0 Å². The van der Waals surface area contributed by atoms with E-state index in [-0.39, 0.29) is 12.8 Å².